The number of aryl methyl sites for hydroxylation is 1. The fraction of sp³-hybridized carbons (Fsp3) is 0.630. The predicted octanol–water partition coefficient (Wildman–Crippen LogP) is 8.32. The van der Waals surface area contributed by atoms with Gasteiger partial charge in [-0.1, -0.05) is 84.5 Å². The highest BCUT2D eigenvalue weighted by atomic mass is 19.1. The molecule has 0 aliphatic heterocycles. The summed E-state index contributed by atoms with van der Waals surface area (Å²) in [6.07, 6.45) is 20.7. The molecule has 2 rings (SSSR count). The lowest BCUT2D eigenvalue weighted by Gasteiger charge is -2.09. The summed E-state index contributed by atoms with van der Waals surface area (Å²) in [5, 5.41) is 0. The van der Waals surface area contributed by atoms with Gasteiger partial charge in [-0.3, -0.25) is 9.97 Å². The van der Waals surface area contributed by atoms with E-state index in [-0.39, 0.29) is 5.82 Å². The van der Waals surface area contributed by atoms with Crippen LogP contribution in [-0.2, 0) is 6.42 Å². The zero-order valence-corrected chi connectivity index (χ0v) is 19.7. The predicted molar refractivity (Wildman–Crippen MR) is 128 cm³/mol. The summed E-state index contributed by atoms with van der Waals surface area (Å²) in [7, 11) is 0. The smallest absolute Gasteiger partial charge is 0.165 e. The maximum Gasteiger partial charge on any atom is 0.165 e. The monoisotopic (exact) mass is 428 g/mol. The van der Waals surface area contributed by atoms with Crippen molar-refractivity contribution in [3.8, 4) is 17.0 Å². The van der Waals surface area contributed by atoms with E-state index in [1.807, 2.05) is 12.3 Å². The quantitative estimate of drug-likeness (QED) is 0.238. The second-order valence-electron chi connectivity index (χ2n) is 8.53. The van der Waals surface area contributed by atoms with Crippen molar-refractivity contribution in [2.75, 3.05) is 6.61 Å². The van der Waals surface area contributed by atoms with Gasteiger partial charge >= 0.3 is 0 Å². The van der Waals surface area contributed by atoms with Gasteiger partial charge in [-0.15, -0.1) is 0 Å². The number of nitrogens with zero attached hydrogens (tertiary/aromatic N) is 2. The molecule has 1 aromatic carbocycles. The fourth-order valence-corrected chi connectivity index (χ4v) is 3.74. The molecule has 172 valence electrons. The fourth-order valence-electron chi connectivity index (χ4n) is 3.74. The van der Waals surface area contributed by atoms with E-state index in [1.165, 1.54) is 70.3 Å². The van der Waals surface area contributed by atoms with Crippen LogP contribution in [0.25, 0.3) is 11.3 Å². The minimum absolute atomic E-state index is 0.320. The number of unbranched alkanes of at least 4 members (excludes halogenated alkanes) is 11. The number of ether oxygens (including phenoxy) is 1. The summed E-state index contributed by atoms with van der Waals surface area (Å²) in [5.74, 6) is -0.0155. The van der Waals surface area contributed by atoms with Crippen LogP contribution in [-0.4, -0.2) is 16.6 Å². The Bertz CT molecular complexity index is 718. The molecule has 0 radical (unpaired) electrons. The molecular formula is C27H41FN2O. The molecule has 31 heavy (non-hydrogen) atoms. The van der Waals surface area contributed by atoms with Gasteiger partial charge in [0.2, 0.25) is 0 Å². The molecule has 1 heterocycles. The largest absolute Gasteiger partial charge is 0.491 e. The lowest BCUT2D eigenvalue weighted by atomic mass is 10.1. The molecule has 0 bridgehead atoms. The third kappa shape index (κ3) is 10.3. The number of halogens is 1. The molecule has 0 aliphatic carbocycles. The van der Waals surface area contributed by atoms with Gasteiger partial charge in [0.1, 0.15) is 0 Å². The van der Waals surface area contributed by atoms with Gasteiger partial charge in [0.25, 0.3) is 0 Å². The highest BCUT2D eigenvalue weighted by molar-refractivity contribution is 5.59. The Kier molecular flexibility index (Phi) is 12.9. The van der Waals surface area contributed by atoms with E-state index in [0.717, 1.165) is 36.9 Å². The van der Waals surface area contributed by atoms with Crippen LogP contribution in [0.4, 0.5) is 4.39 Å². The first kappa shape index (κ1) is 25.3. The Morgan fingerprint density at radius 3 is 2.00 bits per heavy atom. The third-order valence-electron chi connectivity index (χ3n) is 5.72. The van der Waals surface area contributed by atoms with Crippen LogP contribution in [0.15, 0.2) is 30.6 Å². The molecule has 2 aromatic rings. The Morgan fingerprint density at radius 1 is 0.742 bits per heavy atom. The summed E-state index contributed by atoms with van der Waals surface area (Å²) in [6, 6.07) is 5.06. The van der Waals surface area contributed by atoms with Gasteiger partial charge in [0, 0.05) is 11.8 Å². The van der Waals surface area contributed by atoms with Crippen LogP contribution < -0.4 is 4.74 Å². The van der Waals surface area contributed by atoms with E-state index in [2.05, 4.69) is 23.8 Å². The molecule has 0 unspecified atom stereocenters. The third-order valence-corrected chi connectivity index (χ3v) is 5.72. The van der Waals surface area contributed by atoms with Crippen LogP contribution >= 0.6 is 0 Å². The molecule has 4 heteroatoms. The van der Waals surface area contributed by atoms with E-state index >= 15 is 0 Å². The van der Waals surface area contributed by atoms with E-state index in [1.54, 1.807) is 12.3 Å². The Hall–Kier alpha value is -1.97. The summed E-state index contributed by atoms with van der Waals surface area (Å²) < 4.78 is 20.1. The van der Waals surface area contributed by atoms with Crippen LogP contribution in [0.2, 0.25) is 0 Å². The van der Waals surface area contributed by atoms with E-state index in [0.29, 0.717) is 18.1 Å². The van der Waals surface area contributed by atoms with Crippen LogP contribution in [0.3, 0.4) is 0 Å². The van der Waals surface area contributed by atoms with Crippen molar-refractivity contribution >= 4 is 0 Å². The maximum atomic E-state index is 14.4. The van der Waals surface area contributed by atoms with Crippen molar-refractivity contribution in [2.24, 2.45) is 0 Å². The molecule has 0 spiro atoms. The topological polar surface area (TPSA) is 35.0 Å². The normalized spacial score (nSPS) is 11.1. The van der Waals surface area contributed by atoms with Gasteiger partial charge in [-0.05, 0) is 37.5 Å². The van der Waals surface area contributed by atoms with Gasteiger partial charge in [-0.25, -0.2) is 4.39 Å². The minimum atomic E-state index is -0.336. The van der Waals surface area contributed by atoms with Crippen LogP contribution in [0, 0.1) is 5.82 Å². The lowest BCUT2D eigenvalue weighted by Crippen LogP contribution is -2.00. The second-order valence-corrected chi connectivity index (χ2v) is 8.53. The first-order valence-corrected chi connectivity index (χ1v) is 12.5. The highest BCUT2D eigenvalue weighted by Gasteiger charge is 2.08. The molecular weight excluding hydrogens is 387 g/mol. The molecule has 0 N–H and O–H groups in total. The van der Waals surface area contributed by atoms with Crippen molar-refractivity contribution in [3.63, 3.8) is 0 Å². The number of hydrogen-bond donors (Lipinski definition) is 0. The summed E-state index contributed by atoms with van der Waals surface area (Å²) in [4.78, 5) is 9.03. The first-order chi connectivity index (χ1) is 15.2. The average molecular weight is 429 g/mol. The van der Waals surface area contributed by atoms with Gasteiger partial charge in [0.05, 0.1) is 24.2 Å². The maximum absolute atomic E-state index is 14.4. The van der Waals surface area contributed by atoms with Crippen LogP contribution in [0.1, 0.15) is 103 Å². The summed E-state index contributed by atoms with van der Waals surface area (Å²) in [5.41, 5.74) is 2.45. The average Bonchev–Trinajstić information content (AvgIpc) is 2.79. The zero-order valence-electron chi connectivity index (χ0n) is 19.7. The highest BCUT2D eigenvalue weighted by Crippen LogP contribution is 2.24. The first-order valence-electron chi connectivity index (χ1n) is 12.5. The standard InChI is InChI=1S/C27H41FN2O/c1-3-5-7-9-11-12-14-16-24-21-30-26(22-29-24)23-17-18-27(25(28)20-23)31-19-15-13-10-8-6-4-2/h17-18,20-22H,3-16,19H2,1-2H3. The van der Waals surface area contributed by atoms with Crippen LogP contribution in [0.5, 0.6) is 5.75 Å². The van der Waals surface area contributed by atoms with Gasteiger partial charge in [-0.2, -0.15) is 0 Å². The van der Waals surface area contributed by atoms with E-state index in [9.17, 15) is 4.39 Å². The minimum Gasteiger partial charge on any atom is -0.491 e. The summed E-state index contributed by atoms with van der Waals surface area (Å²) in [6.45, 7) is 5.03. The SMILES string of the molecule is CCCCCCCCCc1cnc(-c2ccc(OCCCCCCCC)c(F)c2)cn1. The van der Waals surface area contributed by atoms with Crippen molar-refractivity contribution in [2.45, 2.75) is 104 Å². The van der Waals surface area contributed by atoms with Crippen molar-refractivity contribution in [3.05, 3.63) is 42.1 Å². The Morgan fingerprint density at radius 2 is 1.39 bits per heavy atom. The summed E-state index contributed by atoms with van der Waals surface area (Å²) >= 11 is 0. The molecule has 0 amide bonds. The van der Waals surface area contributed by atoms with Crippen molar-refractivity contribution < 1.29 is 9.13 Å². The number of rotatable bonds is 17. The Balaban J connectivity index is 1.73. The molecule has 0 saturated carbocycles. The molecule has 0 atom stereocenters. The van der Waals surface area contributed by atoms with Crippen molar-refractivity contribution in [1.82, 2.24) is 9.97 Å². The molecule has 0 fully saturated rings. The van der Waals surface area contributed by atoms with E-state index in [4.69, 9.17) is 4.74 Å². The van der Waals surface area contributed by atoms with Gasteiger partial charge < -0.3 is 4.74 Å². The zero-order chi connectivity index (χ0) is 22.2. The molecule has 0 saturated heterocycles. The number of benzene rings is 1. The number of hydrogen-bond acceptors (Lipinski definition) is 3. The lowest BCUT2D eigenvalue weighted by molar-refractivity contribution is 0.290. The number of aromatic nitrogens is 2. The molecule has 0 aliphatic rings. The van der Waals surface area contributed by atoms with Gasteiger partial charge in [0.15, 0.2) is 11.6 Å². The van der Waals surface area contributed by atoms with Crippen molar-refractivity contribution in [1.29, 1.82) is 0 Å². The molecule has 1 aromatic heterocycles. The Labute approximate surface area is 188 Å². The van der Waals surface area contributed by atoms with E-state index < -0.39 is 0 Å². The molecule has 3 nitrogen and oxygen atoms in total. The second kappa shape index (κ2) is 15.8.